The lowest BCUT2D eigenvalue weighted by Gasteiger charge is -2.52. The van der Waals surface area contributed by atoms with E-state index in [0.29, 0.717) is 11.1 Å². The number of ether oxygens (including phenoxy) is 2. The van der Waals surface area contributed by atoms with Crippen molar-refractivity contribution in [3.8, 4) is 5.75 Å². The highest BCUT2D eigenvalue weighted by Gasteiger charge is 2.48. The molecule has 212 valence electrons. The van der Waals surface area contributed by atoms with Crippen LogP contribution >= 0.6 is 0 Å². The van der Waals surface area contributed by atoms with Crippen LogP contribution in [0.2, 0.25) is 0 Å². The highest BCUT2D eigenvalue weighted by molar-refractivity contribution is 5.94. The lowest BCUT2D eigenvalue weighted by atomic mass is 9.59. The summed E-state index contributed by atoms with van der Waals surface area (Å²) in [5.41, 5.74) is 7.46. The van der Waals surface area contributed by atoms with E-state index in [4.69, 9.17) is 15.2 Å². The monoisotopic (exact) mass is 518 g/mol. The number of nitrogens with zero attached hydrogens (tertiary/aromatic N) is 1. The Labute approximate surface area is 226 Å². The van der Waals surface area contributed by atoms with Crippen molar-refractivity contribution in [2.24, 2.45) is 22.0 Å². The van der Waals surface area contributed by atoms with Gasteiger partial charge in [0, 0.05) is 31.6 Å². The van der Waals surface area contributed by atoms with Gasteiger partial charge in [-0.1, -0.05) is 61.3 Å². The highest BCUT2D eigenvalue weighted by atomic mass is 16.7. The topological polar surface area (TPSA) is 85.0 Å². The summed E-state index contributed by atoms with van der Waals surface area (Å²) in [5, 5.41) is 10.7. The molecule has 1 aromatic carbocycles. The molecule has 0 spiro atoms. The molecule has 1 saturated heterocycles. The second kappa shape index (κ2) is 11.6. The molecular formula is C31H54N2O4. The second-order valence-electron chi connectivity index (χ2n) is 13.6. The van der Waals surface area contributed by atoms with Crippen LogP contribution in [0.4, 0.5) is 0 Å². The maximum absolute atomic E-state index is 12.5. The van der Waals surface area contributed by atoms with Crippen molar-refractivity contribution in [1.29, 1.82) is 0 Å². The number of nitrogens with two attached hydrogens (primary N) is 1. The quantitative estimate of drug-likeness (QED) is 0.328. The van der Waals surface area contributed by atoms with Gasteiger partial charge in [0.15, 0.2) is 6.29 Å². The van der Waals surface area contributed by atoms with Crippen molar-refractivity contribution >= 4 is 5.91 Å². The van der Waals surface area contributed by atoms with Gasteiger partial charge in [0.05, 0.1) is 17.8 Å². The Morgan fingerprint density at radius 2 is 1.65 bits per heavy atom. The normalized spacial score (nSPS) is 23.0. The van der Waals surface area contributed by atoms with Crippen molar-refractivity contribution in [2.75, 3.05) is 14.1 Å². The largest absolute Gasteiger partial charge is 0.507 e. The minimum absolute atomic E-state index is 0.0563. The number of aromatic hydroxyl groups is 1. The van der Waals surface area contributed by atoms with E-state index >= 15 is 0 Å². The molecule has 4 atom stereocenters. The smallest absolute Gasteiger partial charge is 0.253 e. The minimum Gasteiger partial charge on any atom is -0.507 e. The Balaban J connectivity index is 2.26. The molecule has 0 aliphatic carbocycles. The third-order valence-electron chi connectivity index (χ3n) is 9.64. The molecule has 1 aromatic rings. The van der Waals surface area contributed by atoms with E-state index in [2.05, 4.69) is 55.4 Å². The Bertz CT molecular complexity index is 920. The van der Waals surface area contributed by atoms with Crippen LogP contribution < -0.4 is 5.73 Å². The number of phenolic OH excluding ortho intramolecular Hbond substituents is 1. The van der Waals surface area contributed by atoms with E-state index in [-0.39, 0.29) is 45.6 Å². The maximum atomic E-state index is 12.5. The number of hydrogen-bond donors (Lipinski definition) is 2. The van der Waals surface area contributed by atoms with E-state index in [9.17, 15) is 9.90 Å². The summed E-state index contributed by atoms with van der Waals surface area (Å²) in [6.45, 7) is 20.3. The molecule has 1 amide bonds. The molecule has 0 saturated carbocycles. The number of amides is 1. The molecule has 1 aliphatic rings. The lowest BCUT2D eigenvalue weighted by molar-refractivity contribution is -0.276. The van der Waals surface area contributed by atoms with Crippen molar-refractivity contribution in [2.45, 2.75) is 125 Å². The first kappa shape index (κ1) is 31.6. The molecule has 1 heterocycles. The van der Waals surface area contributed by atoms with E-state index in [1.807, 2.05) is 6.92 Å². The predicted molar refractivity (Wildman–Crippen MR) is 152 cm³/mol. The molecular weight excluding hydrogens is 464 g/mol. The number of carbonyl (C=O) groups excluding carboxylic acids is 1. The summed E-state index contributed by atoms with van der Waals surface area (Å²) in [5.74, 6) is -0.0618. The fourth-order valence-electron chi connectivity index (χ4n) is 5.12. The van der Waals surface area contributed by atoms with Gasteiger partial charge in [-0.2, -0.15) is 0 Å². The van der Waals surface area contributed by atoms with Crippen LogP contribution in [0.5, 0.6) is 5.75 Å². The molecule has 1 aliphatic heterocycles. The molecule has 3 N–H and O–H groups in total. The van der Waals surface area contributed by atoms with Crippen LogP contribution in [0.15, 0.2) is 18.2 Å². The van der Waals surface area contributed by atoms with Gasteiger partial charge < -0.3 is 25.2 Å². The zero-order chi connectivity index (χ0) is 28.4. The van der Waals surface area contributed by atoms with Crippen LogP contribution in [0.1, 0.15) is 123 Å². The lowest BCUT2D eigenvalue weighted by Crippen LogP contribution is -2.53. The molecule has 6 heteroatoms. The second-order valence-corrected chi connectivity index (χ2v) is 13.6. The first-order valence-electron chi connectivity index (χ1n) is 14.0. The zero-order valence-corrected chi connectivity index (χ0v) is 25.4. The highest BCUT2D eigenvalue weighted by Crippen LogP contribution is 2.52. The van der Waals surface area contributed by atoms with Crippen molar-refractivity contribution in [1.82, 2.24) is 4.90 Å². The van der Waals surface area contributed by atoms with Crippen molar-refractivity contribution < 1.29 is 19.4 Å². The molecule has 0 bridgehead atoms. The predicted octanol–water partition coefficient (Wildman–Crippen LogP) is 7.05. The average Bonchev–Trinajstić information content (AvgIpc) is 2.80. The number of phenols is 1. The van der Waals surface area contributed by atoms with E-state index < -0.39 is 6.29 Å². The minimum atomic E-state index is -0.744. The molecule has 6 nitrogen and oxygen atoms in total. The summed E-state index contributed by atoms with van der Waals surface area (Å²) in [6.07, 6.45) is 5.26. The first-order chi connectivity index (χ1) is 16.9. The summed E-state index contributed by atoms with van der Waals surface area (Å²) in [4.78, 5) is 14.1. The summed E-state index contributed by atoms with van der Waals surface area (Å²) in [7, 11) is 3.42. The van der Waals surface area contributed by atoms with Gasteiger partial charge in [-0.3, -0.25) is 4.79 Å². The van der Waals surface area contributed by atoms with Gasteiger partial charge in [-0.05, 0) is 67.6 Å². The van der Waals surface area contributed by atoms with Crippen molar-refractivity contribution in [3.63, 3.8) is 0 Å². The maximum Gasteiger partial charge on any atom is 0.253 e. The number of benzene rings is 1. The summed E-state index contributed by atoms with van der Waals surface area (Å²) < 4.78 is 12.7. The summed E-state index contributed by atoms with van der Waals surface area (Å²) >= 11 is 0. The fraction of sp³-hybridized carbons (Fsp3) is 0.774. The Morgan fingerprint density at radius 1 is 1.03 bits per heavy atom. The van der Waals surface area contributed by atoms with Gasteiger partial charge in [-0.25, -0.2) is 0 Å². The van der Waals surface area contributed by atoms with Gasteiger partial charge in [0.25, 0.3) is 5.91 Å². The van der Waals surface area contributed by atoms with Crippen LogP contribution in [0, 0.1) is 16.2 Å². The van der Waals surface area contributed by atoms with E-state index in [0.717, 1.165) is 25.7 Å². The number of rotatable bonds is 11. The van der Waals surface area contributed by atoms with Crippen LogP contribution in [-0.2, 0) is 9.47 Å². The van der Waals surface area contributed by atoms with Gasteiger partial charge in [-0.15, -0.1) is 0 Å². The molecule has 2 rings (SSSR count). The fourth-order valence-corrected chi connectivity index (χ4v) is 5.12. The third kappa shape index (κ3) is 7.07. The Morgan fingerprint density at radius 3 is 2.22 bits per heavy atom. The van der Waals surface area contributed by atoms with Crippen LogP contribution in [0.3, 0.4) is 0 Å². The molecule has 0 radical (unpaired) electrons. The first-order valence-corrected chi connectivity index (χ1v) is 14.0. The number of carbonyl (C=O) groups is 1. The average molecular weight is 519 g/mol. The molecule has 4 unspecified atom stereocenters. The SMILES string of the molecule is CCCCC(C)(C)C(C)(N)CCC(C)(C)C(C)(C)C1CC(C)OC(c2cc(C(=O)N(C)C)ccc2O)O1. The van der Waals surface area contributed by atoms with Crippen molar-refractivity contribution in [3.05, 3.63) is 29.3 Å². The van der Waals surface area contributed by atoms with Gasteiger partial charge in [0.1, 0.15) is 5.75 Å². The van der Waals surface area contributed by atoms with Crippen LogP contribution in [0.25, 0.3) is 0 Å². The third-order valence-corrected chi connectivity index (χ3v) is 9.64. The molecule has 0 aromatic heterocycles. The van der Waals surface area contributed by atoms with Crippen LogP contribution in [-0.4, -0.2) is 47.8 Å². The molecule has 37 heavy (non-hydrogen) atoms. The Kier molecular flexibility index (Phi) is 9.93. The number of hydrogen-bond acceptors (Lipinski definition) is 5. The number of unbranched alkanes of at least 4 members (excludes halogenated alkanes) is 1. The molecule has 1 fully saturated rings. The van der Waals surface area contributed by atoms with E-state index in [1.54, 1.807) is 32.3 Å². The Hall–Kier alpha value is -1.63. The summed E-state index contributed by atoms with van der Waals surface area (Å²) in [6, 6.07) is 4.86. The standard InChI is InChI=1S/C31H54N2O4/c1-12-13-16-29(5,6)31(9,32)18-17-28(3,4)30(7,8)25-19-21(2)36-27(37-25)23-20-22(14-15-24(23)34)26(35)33(10)11/h14-15,20-21,25,27,34H,12-13,16-19,32H2,1-11H3. The van der Waals surface area contributed by atoms with Gasteiger partial charge in [0.2, 0.25) is 0 Å². The van der Waals surface area contributed by atoms with E-state index in [1.165, 1.54) is 17.7 Å². The van der Waals surface area contributed by atoms with Gasteiger partial charge >= 0.3 is 0 Å². The zero-order valence-electron chi connectivity index (χ0n) is 25.4.